The molecule has 0 unspecified atom stereocenters. The first kappa shape index (κ1) is 27.5. The van der Waals surface area contributed by atoms with E-state index in [1.165, 1.54) is 55.5 Å². The lowest BCUT2D eigenvalue weighted by atomic mass is 10.0. The van der Waals surface area contributed by atoms with E-state index in [0.29, 0.717) is 22.4 Å². The molecule has 0 aliphatic heterocycles. The summed E-state index contributed by atoms with van der Waals surface area (Å²) < 4.78 is 66.4. The molecule has 0 spiro atoms. The monoisotopic (exact) mass is 540 g/mol. The fourth-order valence-corrected chi connectivity index (χ4v) is 3.64. The van der Waals surface area contributed by atoms with E-state index in [9.17, 15) is 22.4 Å². The van der Waals surface area contributed by atoms with E-state index in [2.05, 4.69) is 9.97 Å². The highest BCUT2D eigenvalue weighted by atomic mass is 19.4. The van der Waals surface area contributed by atoms with Crippen molar-refractivity contribution >= 4 is 11.7 Å². The normalized spacial score (nSPS) is 13.0. The Hall–Kier alpha value is -4.51. The summed E-state index contributed by atoms with van der Waals surface area (Å²) in [4.78, 5) is 19.2. The van der Waals surface area contributed by atoms with E-state index in [1.807, 2.05) is 0 Å². The number of halogens is 4. The number of hydrogen-bond acceptors (Lipinski definition) is 7. The Kier molecular flexibility index (Phi) is 8.10. The van der Waals surface area contributed by atoms with E-state index in [0.717, 1.165) is 0 Å². The van der Waals surface area contributed by atoms with Crippen LogP contribution in [0.2, 0.25) is 0 Å². The molecular formula is C28H24F4N4O3. The topological polar surface area (TPSA) is 113 Å². The molecule has 202 valence electrons. The summed E-state index contributed by atoms with van der Waals surface area (Å²) in [5, 5.41) is 0. The third-order valence-corrected chi connectivity index (χ3v) is 5.73. The van der Waals surface area contributed by atoms with Gasteiger partial charge < -0.3 is 20.9 Å². The van der Waals surface area contributed by atoms with Gasteiger partial charge in [0.1, 0.15) is 24.0 Å². The third kappa shape index (κ3) is 7.08. The molecule has 4 rings (SSSR count). The van der Waals surface area contributed by atoms with Gasteiger partial charge >= 0.3 is 6.18 Å². The van der Waals surface area contributed by atoms with Gasteiger partial charge in [-0.25, -0.2) is 9.37 Å². The quantitative estimate of drug-likeness (QED) is 0.269. The van der Waals surface area contributed by atoms with Crippen molar-refractivity contribution < 1.29 is 31.8 Å². The van der Waals surface area contributed by atoms with Crippen LogP contribution in [0.3, 0.4) is 0 Å². The van der Waals surface area contributed by atoms with Crippen molar-refractivity contribution in [3.05, 3.63) is 90.2 Å². The van der Waals surface area contributed by atoms with Gasteiger partial charge in [-0.15, -0.1) is 0 Å². The van der Waals surface area contributed by atoms with Gasteiger partial charge in [-0.1, -0.05) is 36.4 Å². The molecule has 0 fully saturated rings. The number of hydrogen-bond donors (Lipinski definition) is 2. The number of carbonyl (C=O) groups excluding carboxylic acids is 1. The summed E-state index contributed by atoms with van der Waals surface area (Å²) in [6, 6.07) is 18.1. The highest BCUT2D eigenvalue weighted by Gasteiger charge is 2.43. The van der Waals surface area contributed by atoms with Crippen molar-refractivity contribution in [2.24, 2.45) is 5.73 Å². The molecule has 4 aromatic rings. The molecule has 3 aromatic carbocycles. The van der Waals surface area contributed by atoms with E-state index in [1.54, 1.807) is 30.3 Å². The minimum absolute atomic E-state index is 0.00479. The maximum Gasteiger partial charge on any atom is 0.429 e. The first-order valence-electron chi connectivity index (χ1n) is 11.7. The standard InChI is InChI=1S/C28H24F4N4O3/c1-16(37)23(33)15-38-22-11-9-18(10-12-22)24-14-25(36-27(34)35-24)39-26(28(30,31)32)19-7-5-17(6-8-19)20-3-2-4-21(29)13-20/h2-14,23,26H,15,33H2,1H3,(H2,34,35,36)/t23-,26-/m0/s1. The maximum absolute atomic E-state index is 14.0. The number of nitrogens with zero attached hydrogens (tertiary/aromatic N) is 2. The molecule has 0 saturated heterocycles. The molecule has 7 nitrogen and oxygen atoms in total. The Morgan fingerprint density at radius 1 is 0.923 bits per heavy atom. The van der Waals surface area contributed by atoms with Crippen LogP contribution in [0.5, 0.6) is 11.6 Å². The Morgan fingerprint density at radius 2 is 1.59 bits per heavy atom. The molecule has 39 heavy (non-hydrogen) atoms. The van der Waals surface area contributed by atoms with Gasteiger partial charge in [0.2, 0.25) is 17.9 Å². The molecule has 1 aromatic heterocycles. The fourth-order valence-electron chi connectivity index (χ4n) is 3.64. The van der Waals surface area contributed by atoms with Crippen LogP contribution in [0.4, 0.5) is 23.5 Å². The first-order chi connectivity index (χ1) is 18.5. The smallest absolute Gasteiger partial charge is 0.429 e. The van der Waals surface area contributed by atoms with Gasteiger partial charge in [-0.05, 0) is 54.4 Å². The lowest BCUT2D eigenvalue weighted by Gasteiger charge is -2.22. The Labute approximate surface area is 221 Å². The average Bonchev–Trinajstić information content (AvgIpc) is 2.90. The molecule has 4 N–H and O–H groups in total. The minimum Gasteiger partial charge on any atom is -0.492 e. The second kappa shape index (κ2) is 11.5. The van der Waals surface area contributed by atoms with Crippen molar-refractivity contribution in [2.75, 3.05) is 12.3 Å². The maximum atomic E-state index is 14.0. The molecule has 0 amide bonds. The van der Waals surface area contributed by atoms with Crippen LogP contribution in [0.25, 0.3) is 22.4 Å². The predicted octanol–water partition coefficient (Wildman–Crippen LogP) is 5.51. The SMILES string of the molecule is CC(=O)[C@@H](N)COc1ccc(-c2cc(O[C@@H](c3ccc(-c4cccc(F)c4)cc3)C(F)(F)F)nc(N)n2)cc1. The van der Waals surface area contributed by atoms with Crippen LogP contribution in [-0.2, 0) is 4.79 Å². The molecule has 1 heterocycles. The number of ether oxygens (including phenoxy) is 2. The van der Waals surface area contributed by atoms with Crippen LogP contribution in [-0.4, -0.2) is 34.6 Å². The number of nitrogen functional groups attached to an aromatic ring is 1. The molecule has 11 heteroatoms. The zero-order valence-corrected chi connectivity index (χ0v) is 20.7. The molecule has 0 saturated carbocycles. The molecule has 0 radical (unpaired) electrons. The minimum atomic E-state index is -4.78. The van der Waals surface area contributed by atoms with Gasteiger partial charge in [-0.2, -0.15) is 18.2 Å². The number of nitrogens with two attached hydrogens (primary N) is 2. The van der Waals surface area contributed by atoms with Crippen LogP contribution in [0.1, 0.15) is 18.6 Å². The van der Waals surface area contributed by atoms with Crippen LogP contribution in [0, 0.1) is 5.82 Å². The zero-order valence-electron chi connectivity index (χ0n) is 20.7. The number of ketones is 1. The number of benzene rings is 3. The lowest BCUT2D eigenvalue weighted by molar-refractivity contribution is -0.198. The van der Waals surface area contributed by atoms with Crippen LogP contribution >= 0.6 is 0 Å². The van der Waals surface area contributed by atoms with Crippen LogP contribution < -0.4 is 20.9 Å². The average molecular weight is 541 g/mol. The Morgan fingerprint density at radius 3 is 2.21 bits per heavy atom. The first-order valence-corrected chi connectivity index (χ1v) is 11.7. The summed E-state index contributed by atoms with van der Waals surface area (Å²) in [6.45, 7) is 1.36. The number of Topliss-reactive ketones (excluding diaryl/α,β-unsaturated/α-hetero) is 1. The van der Waals surface area contributed by atoms with E-state index >= 15 is 0 Å². The van der Waals surface area contributed by atoms with Crippen molar-refractivity contribution in [2.45, 2.75) is 25.2 Å². The number of carbonyl (C=O) groups is 1. The number of aromatic nitrogens is 2. The molecular weight excluding hydrogens is 516 g/mol. The van der Waals surface area contributed by atoms with Crippen molar-refractivity contribution in [3.63, 3.8) is 0 Å². The summed E-state index contributed by atoms with van der Waals surface area (Å²) in [6.07, 6.45) is -7.12. The molecule has 0 aliphatic rings. The van der Waals surface area contributed by atoms with E-state index < -0.39 is 24.1 Å². The Bertz CT molecular complexity index is 1440. The highest BCUT2D eigenvalue weighted by molar-refractivity contribution is 5.81. The summed E-state index contributed by atoms with van der Waals surface area (Å²) in [5.74, 6) is -0.882. The number of anilines is 1. The van der Waals surface area contributed by atoms with E-state index in [4.69, 9.17) is 20.9 Å². The van der Waals surface area contributed by atoms with Crippen molar-refractivity contribution in [1.82, 2.24) is 9.97 Å². The number of rotatable bonds is 9. The van der Waals surface area contributed by atoms with Crippen LogP contribution in [0.15, 0.2) is 78.9 Å². The fraction of sp³-hybridized carbons (Fsp3) is 0.179. The van der Waals surface area contributed by atoms with Gasteiger partial charge in [0.15, 0.2) is 0 Å². The molecule has 0 bridgehead atoms. The third-order valence-electron chi connectivity index (χ3n) is 5.73. The lowest BCUT2D eigenvalue weighted by Crippen LogP contribution is -2.34. The molecule has 0 aliphatic carbocycles. The van der Waals surface area contributed by atoms with Crippen molar-refractivity contribution in [1.29, 1.82) is 0 Å². The molecule has 2 atom stereocenters. The summed E-state index contributed by atoms with van der Waals surface area (Å²) in [7, 11) is 0. The van der Waals surface area contributed by atoms with Gasteiger partial charge in [0.25, 0.3) is 0 Å². The van der Waals surface area contributed by atoms with Gasteiger partial charge in [0.05, 0.1) is 11.7 Å². The highest BCUT2D eigenvalue weighted by Crippen LogP contribution is 2.38. The number of alkyl halides is 3. The second-order valence-corrected chi connectivity index (χ2v) is 8.67. The van der Waals surface area contributed by atoms with Crippen molar-refractivity contribution in [3.8, 4) is 34.0 Å². The second-order valence-electron chi connectivity index (χ2n) is 8.67. The summed E-state index contributed by atoms with van der Waals surface area (Å²) >= 11 is 0. The van der Waals surface area contributed by atoms with Gasteiger partial charge in [-0.3, -0.25) is 4.79 Å². The Balaban J connectivity index is 1.55. The van der Waals surface area contributed by atoms with Gasteiger partial charge in [0, 0.05) is 17.2 Å². The largest absolute Gasteiger partial charge is 0.492 e. The zero-order chi connectivity index (χ0) is 28.2. The van der Waals surface area contributed by atoms with E-state index in [-0.39, 0.29) is 35.5 Å². The summed E-state index contributed by atoms with van der Waals surface area (Å²) in [5.41, 5.74) is 13.1. The predicted molar refractivity (Wildman–Crippen MR) is 137 cm³/mol.